The monoisotopic (exact) mass is 372 g/mol. The number of aryl methyl sites for hydroxylation is 1. The van der Waals surface area contributed by atoms with Crippen molar-refractivity contribution in [2.45, 2.75) is 25.0 Å². The van der Waals surface area contributed by atoms with E-state index < -0.39 is 36.6 Å². The van der Waals surface area contributed by atoms with Gasteiger partial charge in [-0.05, 0) is 15.9 Å². The van der Waals surface area contributed by atoms with E-state index in [1.165, 1.54) is 13.2 Å². The summed E-state index contributed by atoms with van der Waals surface area (Å²) in [6.45, 7) is 0. The van der Waals surface area contributed by atoms with Crippen molar-refractivity contribution in [1.82, 2.24) is 14.8 Å². The van der Waals surface area contributed by atoms with Crippen molar-refractivity contribution in [1.29, 1.82) is 0 Å². The van der Waals surface area contributed by atoms with Crippen molar-refractivity contribution in [3.05, 3.63) is 16.4 Å². The summed E-state index contributed by atoms with van der Waals surface area (Å²) in [7, 11) is 1.35. The van der Waals surface area contributed by atoms with Crippen molar-refractivity contribution < 1.29 is 27.5 Å². The summed E-state index contributed by atoms with van der Waals surface area (Å²) in [5, 5.41) is 16.7. The highest BCUT2D eigenvalue weighted by Gasteiger charge is 2.54. The van der Waals surface area contributed by atoms with Crippen LogP contribution in [0.15, 0.2) is 15.8 Å². The molecule has 1 aromatic rings. The molecule has 0 radical (unpaired) electrons. The first-order valence-electron chi connectivity index (χ1n) is 5.56. The minimum atomic E-state index is -3.46. The number of aliphatic hydroxyl groups is 1. The fourth-order valence-corrected chi connectivity index (χ4v) is 2.37. The maximum absolute atomic E-state index is 13.0. The van der Waals surface area contributed by atoms with E-state index in [0.29, 0.717) is 0 Å². The number of amides is 1. The summed E-state index contributed by atoms with van der Waals surface area (Å²) in [5.41, 5.74) is -4.29. The Morgan fingerprint density at radius 3 is 2.52 bits per heavy atom. The van der Waals surface area contributed by atoms with Gasteiger partial charge in [-0.25, -0.2) is 17.6 Å². The number of hydrogen-bond donors (Lipinski definition) is 1. The van der Waals surface area contributed by atoms with Gasteiger partial charge in [0.15, 0.2) is 0 Å². The average molecular weight is 373 g/mol. The second-order valence-corrected chi connectivity index (χ2v) is 5.18. The van der Waals surface area contributed by atoms with Gasteiger partial charge in [0.25, 0.3) is 18.8 Å². The largest absolute Gasteiger partial charge is 0.364 e. The van der Waals surface area contributed by atoms with Crippen LogP contribution in [-0.4, -0.2) is 50.1 Å². The third-order valence-electron chi connectivity index (χ3n) is 2.93. The fraction of sp³-hybridized carbons (Fsp3) is 0.500. The minimum Gasteiger partial charge on any atom is -0.364 e. The van der Waals surface area contributed by atoms with Crippen molar-refractivity contribution >= 4 is 27.5 Å². The Bertz CT molecular complexity index is 586. The standard InChI is InChI=1S/C10H9BrF4N4O2/c1-18-6(4(11)3-16-18)8(20)19-10(21,9(14)15)2-5(17-19)7(12)13/h3,7,9,21H,2H2,1H3. The molecular formula is C10H9BrF4N4O2. The van der Waals surface area contributed by atoms with Crippen molar-refractivity contribution in [3.63, 3.8) is 0 Å². The van der Waals surface area contributed by atoms with Gasteiger partial charge >= 0.3 is 0 Å². The van der Waals surface area contributed by atoms with Crippen LogP contribution in [0.4, 0.5) is 17.6 Å². The van der Waals surface area contributed by atoms with Gasteiger partial charge in [-0.2, -0.15) is 15.2 Å². The molecule has 21 heavy (non-hydrogen) atoms. The lowest BCUT2D eigenvalue weighted by molar-refractivity contribution is -0.164. The minimum absolute atomic E-state index is 0.0130. The average Bonchev–Trinajstić information content (AvgIpc) is 2.91. The van der Waals surface area contributed by atoms with Crippen LogP contribution in [-0.2, 0) is 7.05 Å². The summed E-state index contributed by atoms with van der Waals surface area (Å²) in [5.74, 6) is -1.17. The van der Waals surface area contributed by atoms with Crippen LogP contribution < -0.4 is 0 Å². The maximum atomic E-state index is 13.0. The van der Waals surface area contributed by atoms with Gasteiger partial charge in [0.1, 0.15) is 11.4 Å². The molecule has 2 rings (SSSR count). The SMILES string of the molecule is Cn1ncc(Br)c1C(=O)N1N=C(C(F)F)CC1(O)C(F)F. The second kappa shape index (κ2) is 5.37. The molecule has 0 bridgehead atoms. The van der Waals surface area contributed by atoms with E-state index in [1.807, 2.05) is 0 Å². The van der Waals surface area contributed by atoms with Gasteiger partial charge in [-0.15, -0.1) is 0 Å². The van der Waals surface area contributed by atoms with Gasteiger partial charge < -0.3 is 5.11 Å². The number of hydrazone groups is 1. The summed E-state index contributed by atoms with van der Waals surface area (Å²) >= 11 is 2.99. The zero-order valence-corrected chi connectivity index (χ0v) is 12.1. The molecule has 1 aliphatic heterocycles. The highest BCUT2D eigenvalue weighted by atomic mass is 79.9. The molecule has 1 N–H and O–H groups in total. The number of rotatable bonds is 3. The maximum Gasteiger partial charge on any atom is 0.296 e. The van der Waals surface area contributed by atoms with Gasteiger partial charge in [0.2, 0.25) is 5.72 Å². The molecule has 1 unspecified atom stereocenters. The van der Waals surface area contributed by atoms with Crippen LogP contribution in [0.2, 0.25) is 0 Å². The second-order valence-electron chi connectivity index (χ2n) is 4.33. The molecule has 0 saturated heterocycles. The van der Waals surface area contributed by atoms with E-state index in [0.717, 1.165) is 4.68 Å². The molecule has 0 fully saturated rings. The Morgan fingerprint density at radius 2 is 2.10 bits per heavy atom. The van der Waals surface area contributed by atoms with E-state index in [2.05, 4.69) is 26.1 Å². The molecule has 0 saturated carbocycles. The van der Waals surface area contributed by atoms with Crippen LogP contribution in [0.5, 0.6) is 0 Å². The van der Waals surface area contributed by atoms with Gasteiger partial charge in [0, 0.05) is 13.5 Å². The molecule has 1 aliphatic rings. The number of hydrogen-bond acceptors (Lipinski definition) is 4. The molecule has 0 aliphatic carbocycles. The summed E-state index contributed by atoms with van der Waals surface area (Å²) < 4.78 is 52.5. The van der Waals surface area contributed by atoms with Crippen LogP contribution in [0, 0.1) is 0 Å². The molecule has 116 valence electrons. The summed E-state index contributed by atoms with van der Waals surface area (Å²) in [4.78, 5) is 12.2. The van der Waals surface area contributed by atoms with Crippen molar-refractivity contribution in [3.8, 4) is 0 Å². The Balaban J connectivity index is 2.46. The number of carbonyl (C=O) groups is 1. The first-order valence-corrected chi connectivity index (χ1v) is 6.36. The van der Waals surface area contributed by atoms with Crippen molar-refractivity contribution in [2.24, 2.45) is 12.1 Å². The Hall–Kier alpha value is -1.49. The molecular weight excluding hydrogens is 364 g/mol. The van der Waals surface area contributed by atoms with Gasteiger partial charge in [-0.1, -0.05) is 0 Å². The summed E-state index contributed by atoms with van der Waals surface area (Å²) in [6.07, 6.45) is -6.51. The van der Waals surface area contributed by atoms with E-state index >= 15 is 0 Å². The molecule has 1 amide bonds. The highest BCUT2D eigenvalue weighted by molar-refractivity contribution is 9.10. The number of halogens is 5. The normalized spacial score (nSPS) is 22.3. The lowest BCUT2D eigenvalue weighted by Gasteiger charge is -2.29. The number of nitrogens with zero attached hydrogens (tertiary/aromatic N) is 4. The van der Waals surface area contributed by atoms with Crippen LogP contribution in [0.25, 0.3) is 0 Å². The van der Waals surface area contributed by atoms with E-state index in [-0.39, 0.29) is 15.2 Å². The Labute approximate surface area is 124 Å². The Kier molecular flexibility index (Phi) is 4.06. The topological polar surface area (TPSA) is 70.7 Å². The number of alkyl halides is 4. The number of carbonyl (C=O) groups excluding carboxylic acids is 1. The first-order chi connectivity index (χ1) is 9.68. The van der Waals surface area contributed by atoms with Gasteiger partial charge in [-0.3, -0.25) is 9.48 Å². The quantitative estimate of drug-likeness (QED) is 0.819. The van der Waals surface area contributed by atoms with Crippen LogP contribution in [0.1, 0.15) is 16.9 Å². The summed E-state index contributed by atoms with van der Waals surface area (Å²) in [6, 6.07) is 0. The van der Waals surface area contributed by atoms with E-state index in [9.17, 15) is 27.5 Å². The van der Waals surface area contributed by atoms with E-state index in [1.54, 1.807) is 0 Å². The lowest BCUT2D eigenvalue weighted by Crippen LogP contribution is -2.52. The molecule has 2 heterocycles. The third kappa shape index (κ3) is 2.55. The Morgan fingerprint density at radius 1 is 1.48 bits per heavy atom. The fourth-order valence-electron chi connectivity index (χ4n) is 1.86. The van der Waals surface area contributed by atoms with Crippen LogP contribution >= 0.6 is 15.9 Å². The third-order valence-corrected chi connectivity index (χ3v) is 3.51. The number of aromatic nitrogens is 2. The van der Waals surface area contributed by atoms with Gasteiger partial charge in [0.05, 0.1) is 10.7 Å². The predicted molar refractivity (Wildman–Crippen MR) is 66.1 cm³/mol. The lowest BCUT2D eigenvalue weighted by atomic mass is 10.1. The zero-order chi connectivity index (χ0) is 15.9. The molecule has 1 aromatic heterocycles. The molecule has 11 heteroatoms. The molecule has 0 spiro atoms. The molecule has 6 nitrogen and oxygen atoms in total. The van der Waals surface area contributed by atoms with E-state index in [4.69, 9.17) is 0 Å². The highest BCUT2D eigenvalue weighted by Crippen LogP contribution is 2.35. The van der Waals surface area contributed by atoms with Crippen LogP contribution in [0.3, 0.4) is 0 Å². The molecule has 1 atom stereocenters. The molecule has 0 aromatic carbocycles. The van der Waals surface area contributed by atoms with Crippen molar-refractivity contribution in [2.75, 3.05) is 0 Å². The smallest absolute Gasteiger partial charge is 0.296 e. The predicted octanol–water partition coefficient (Wildman–Crippen LogP) is 1.60. The zero-order valence-electron chi connectivity index (χ0n) is 10.5. The first kappa shape index (κ1) is 15.9.